The van der Waals surface area contributed by atoms with E-state index in [9.17, 15) is 0 Å². The largest absolute Gasteiger partial charge is 1.00 e. The van der Waals surface area contributed by atoms with E-state index in [-0.39, 0.29) is 71.4 Å². The summed E-state index contributed by atoms with van der Waals surface area (Å²) in [7, 11) is 0. The Kier molecular flexibility index (Phi) is 227. The Balaban J connectivity index is -0.00000000838. The van der Waals surface area contributed by atoms with Gasteiger partial charge < -0.3 is 18.7 Å². The molecule has 0 rings (SSSR count). The molecule has 0 saturated carbocycles. The monoisotopic (exact) mass is 263 g/mol. The number of rotatable bonds is 3. The Labute approximate surface area is 144 Å². The predicted molar refractivity (Wildman–Crippen MR) is 71.2 cm³/mol. The Morgan fingerprint density at radius 2 is 0.875 bits per heavy atom. The van der Waals surface area contributed by atoms with Crippen LogP contribution in [-0.2, 0) is 0 Å². The van der Waals surface area contributed by atoms with E-state index in [0.717, 1.165) is 0 Å². The summed E-state index contributed by atoms with van der Waals surface area (Å²) < 4.78 is 0. The minimum Gasteiger partial charge on any atom is -1.00 e. The van der Waals surface area contributed by atoms with Crippen LogP contribution in [0.5, 0.6) is 0 Å². The first-order valence-electron chi connectivity index (χ1n) is 5.07. The Morgan fingerprint density at radius 3 is 0.875 bits per heavy atom. The summed E-state index contributed by atoms with van der Waals surface area (Å²) in [5.41, 5.74) is 0. The topological polar surface area (TPSA) is 3.24 Å². The van der Waals surface area contributed by atoms with Gasteiger partial charge in [-0.25, -0.2) is 0 Å². The predicted octanol–water partition coefficient (Wildman–Crippen LogP) is -4.42. The van der Waals surface area contributed by atoms with Crippen molar-refractivity contribution in [3.8, 4) is 0 Å². The van der Waals surface area contributed by atoms with E-state index < -0.39 is 0 Å². The summed E-state index contributed by atoms with van der Waals surface area (Å²) in [6.45, 7) is 18.1. The van der Waals surface area contributed by atoms with E-state index in [2.05, 4.69) is 25.7 Å². The molecule has 5 heteroatoms. The fourth-order valence-electron chi connectivity index (χ4n) is 0.671. The summed E-state index contributed by atoms with van der Waals surface area (Å²) in [6, 6.07) is 0. The minimum atomic E-state index is 0. The van der Waals surface area contributed by atoms with E-state index in [1.54, 1.807) is 0 Å². The van der Waals surface area contributed by atoms with Crippen LogP contribution in [0.1, 0.15) is 57.3 Å². The maximum atomic E-state index is 2.38. The molecule has 0 atom stereocenters. The van der Waals surface area contributed by atoms with Crippen LogP contribution in [0, 0.1) is 0 Å². The van der Waals surface area contributed by atoms with Gasteiger partial charge in [0.1, 0.15) is 0 Å². The molecule has 16 heavy (non-hydrogen) atoms. The molecular formula is C11H33Cl2Li2N. The van der Waals surface area contributed by atoms with Crippen LogP contribution in [0.2, 0.25) is 0 Å². The van der Waals surface area contributed by atoms with Crippen LogP contribution in [0.3, 0.4) is 0 Å². The van der Waals surface area contributed by atoms with Crippen molar-refractivity contribution >= 4 is 12.4 Å². The zero-order valence-corrected chi connectivity index (χ0v) is 13.9. The normalized spacial score (nSPS) is 5.25. The fourth-order valence-corrected chi connectivity index (χ4v) is 0.671. The maximum absolute atomic E-state index is 2.38. The molecule has 0 aliphatic rings. The number of halogens is 2. The van der Waals surface area contributed by atoms with E-state index in [1.165, 1.54) is 19.6 Å². The molecule has 0 unspecified atom stereocenters. The van der Waals surface area contributed by atoms with Gasteiger partial charge in [-0.15, -0.1) is 12.4 Å². The number of nitrogens with zero attached hydrogens (tertiary/aromatic N) is 1. The van der Waals surface area contributed by atoms with Crippen LogP contribution in [0.4, 0.5) is 0 Å². The Bertz CT molecular complexity index is 48.9. The summed E-state index contributed by atoms with van der Waals surface area (Å²) in [4.78, 5) is 2.38. The molecule has 0 bridgehead atoms. The molecule has 1 nitrogen and oxygen atoms in total. The smallest absolute Gasteiger partial charge is 1.00 e. The van der Waals surface area contributed by atoms with Crippen LogP contribution in [0.15, 0.2) is 0 Å². The molecule has 98 valence electrons. The van der Waals surface area contributed by atoms with E-state index in [4.69, 9.17) is 0 Å². The van der Waals surface area contributed by atoms with Gasteiger partial charge in [0, 0.05) is 0 Å². The van der Waals surface area contributed by atoms with Gasteiger partial charge in [0.05, 0.1) is 0 Å². The van der Waals surface area contributed by atoms with Crippen molar-refractivity contribution in [2.24, 2.45) is 0 Å². The van der Waals surface area contributed by atoms with Crippen molar-refractivity contribution in [1.82, 2.24) is 4.90 Å². The quantitative estimate of drug-likeness (QED) is 0.465. The van der Waals surface area contributed by atoms with E-state index >= 15 is 0 Å². The fraction of sp³-hybridized carbons (Fsp3) is 1.00. The Hall–Kier alpha value is 1.73. The molecule has 0 fully saturated rings. The summed E-state index contributed by atoms with van der Waals surface area (Å²) in [5.74, 6) is 0. The standard InChI is InChI=1S/C6H15N.2C2H6.CH4.2ClH.2Li.H/c1-4-7(5-2)6-3;2*1-2;;;;;;/h4-6H2,1-3H3;2*1-2H3;1H4;2*1H;;;/q;;;;;;2*+1;-1/p-1. The molecule has 0 aromatic heterocycles. The Morgan fingerprint density at radius 1 is 0.750 bits per heavy atom. The second-order valence-electron chi connectivity index (χ2n) is 1.62. The third-order valence-electron chi connectivity index (χ3n) is 1.34. The number of hydrogen-bond donors (Lipinski definition) is 0. The molecule has 0 aromatic carbocycles. The maximum Gasteiger partial charge on any atom is 1.00 e. The summed E-state index contributed by atoms with van der Waals surface area (Å²) in [6.07, 6.45) is 0. The molecular weight excluding hydrogens is 231 g/mol. The first kappa shape index (κ1) is 52.4. The van der Waals surface area contributed by atoms with Crippen molar-refractivity contribution < 1.29 is 51.6 Å². The third-order valence-corrected chi connectivity index (χ3v) is 1.34. The zero-order valence-electron chi connectivity index (χ0n) is 13.4. The van der Waals surface area contributed by atoms with Gasteiger partial charge >= 0.3 is 37.7 Å². The summed E-state index contributed by atoms with van der Waals surface area (Å²) in [5, 5.41) is 0. The zero-order chi connectivity index (χ0) is 9.70. The van der Waals surface area contributed by atoms with E-state index in [0.29, 0.717) is 0 Å². The number of hydrogen-bond acceptors (Lipinski definition) is 1. The molecule has 0 N–H and O–H groups in total. The SMILES string of the molecule is C.CC.CC.CCN(CC)CC.Cl.[Cl-].[H-].[Li+].[Li+]. The van der Waals surface area contributed by atoms with Gasteiger partial charge in [-0.2, -0.15) is 0 Å². The molecule has 0 saturated heterocycles. The van der Waals surface area contributed by atoms with Crippen molar-refractivity contribution in [2.75, 3.05) is 19.6 Å². The first-order chi connectivity index (χ1) is 5.35. The van der Waals surface area contributed by atoms with Crippen LogP contribution >= 0.6 is 12.4 Å². The molecule has 0 aliphatic heterocycles. The van der Waals surface area contributed by atoms with Crippen molar-refractivity contribution in [3.05, 3.63) is 0 Å². The molecule has 0 heterocycles. The van der Waals surface area contributed by atoms with Crippen LogP contribution in [0.25, 0.3) is 0 Å². The first-order valence-corrected chi connectivity index (χ1v) is 5.07. The van der Waals surface area contributed by atoms with Crippen molar-refractivity contribution in [2.45, 2.75) is 55.9 Å². The molecule has 0 aromatic rings. The van der Waals surface area contributed by atoms with Crippen molar-refractivity contribution in [3.63, 3.8) is 0 Å². The third kappa shape index (κ3) is 57.1. The second kappa shape index (κ2) is 69.3. The van der Waals surface area contributed by atoms with Gasteiger partial charge in [-0.3, -0.25) is 0 Å². The van der Waals surface area contributed by atoms with Crippen molar-refractivity contribution in [1.29, 1.82) is 0 Å². The minimum absolute atomic E-state index is 0. The summed E-state index contributed by atoms with van der Waals surface area (Å²) >= 11 is 0. The van der Waals surface area contributed by atoms with Crippen LogP contribution < -0.4 is 50.1 Å². The molecule has 0 amide bonds. The molecule has 0 radical (unpaired) electrons. The van der Waals surface area contributed by atoms with Gasteiger partial charge in [-0.1, -0.05) is 55.9 Å². The van der Waals surface area contributed by atoms with Gasteiger partial charge in [0.2, 0.25) is 0 Å². The van der Waals surface area contributed by atoms with Gasteiger partial charge in [0.15, 0.2) is 0 Å². The van der Waals surface area contributed by atoms with E-state index in [1.807, 2.05) is 27.7 Å². The van der Waals surface area contributed by atoms with Gasteiger partial charge in [-0.05, 0) is 19.6 Å². The average Bonchev–Trinajstić information content (AvgIpc) is 2.14. The van der Waals surface area contributed by atoms with Gasteiger partial charge in [0.25, 0.3) is 0 Å². The molecule has 0 aliphatic carbocycles. The van der Waals surface area contributed by atoms with Crippen LogP contribution in [-0.4, -0.2) is 24.5 Å². The average molecular weight is 264 g/mol. The molecule has 0 spiro atoms. The second-order valence-corrected chi connectivity index (χ2v) is 1.62.